The van der Waals surface area contributed by atoms with Crippen LogP contribution in [0.4, 0.5) is 0 Å². The molecule has 8 heteroatoms. The first-order valence-corrected chi connectivity index (χ1v) is 16.2. The van der Waals surface area contributed by atoms with Crippen LogP contribution in [0.25, 0.3) is 0 Å². The number of carboxylic acid groups (broad SMARTS) is 2. The van der Waals surface area contributed by atoms with Crippen LogP contribution in [0.1, 0.15) is 113 Å². The highest BCUT2D eigenvalue weighted by Gasteiger charge is 2.29. The number of ether oxygens (including phenoxy) is 1. The zero-order valence-corrected chi connectivity index (χ0v) is 24.0. The van der Waals surface area contributed by atoms with Crippen molar-refractivity contribution in [3.63, 3.8) is 0 Å². The number of aliphatic hydroxyl groups excluding tert-OH is 1. The van der Waals surface area contributed by atoms with E-state index in [1.54, 1.807) is 0 Å². The summed E-state index contributed by atoms with van der Waals surface area (Å²) < 4.78 is 6.49. The van der Waals surface area contributed by atoms with Crippen LogP contribution in [0.15, 0.2) is 18.2 Å². The number of benzene rings is 1. The maximum atomic E-state index is 11.2. The first-order chi connectivity index (χ1) is 17.9. The molecule has 0 aliphatic heterocycles. The lowest BCUT2D eigenvalue weighted by molar-refractivity contribution is -0.136. The third-order valence-electron chi connectivity index (χ3n) is 6.90. The molecule has 1 aliphatic carbocycles. The molecule has 1 aliphatic rings. The fraction of sp³-hybridized carbons (Fsp3) is 0.724. The standard InChI is InChI=1S/C29H46O6S2/c1-2-3-4-5-6-7-8-11-18-35-28-23(22-13-9-10-14-22)15-12-16-24(28)29(37-19-17-26(31)32)25(30)20-36-21-27(33)34/h12,15-16,22,25,29-30H,2-11,13-14,17-21H2,1H3,(H,31,32)(H,33,34). The van der Waals surface area contributed by atoms with Gasteiger partial charge in [0, 0.05) is 17.1 Å². The molecule has 1 fully saturated rings. The Labute approximate surface area is 231 Å². The van der Waals surface area contributed by atoms with Crippen molar-refractivity contribution in [3.05, 3.63) is 29.3 Å². The Kier molecular flexibility index (Phi) is 16.2. The summed E-state index contributed by atoms with van der Waals surface area (Å²) in [5, 5.41) is 28.9. The molecule has 0 bridgehead atoms. The second kappa shape index (κ2) is 18.8. The quantitative estimate of drug-likeness (QED) is 0.136. The summed E-state index contributed by atoms with van der Waals surface area (Å²) in [5.41, 5.74) is 2.10. The van der Waals surface area contributed by atoms with E-state index in [1.165, 1.54) is 80.5 Å². The Balaban J connectivity index is 2.14. The SMILES string of the molecule is CCCCCCCCCCOc1c(C2CCCC2)cccc1C(SCCC(=O)O)C(O)CSCC(=O)O. The van der Waals surface area contributed by atoms with Gasteiger partial charge in [0.25, 0.3) is 0 Å². The number of rotatable bonds is 21. The first kappa shape index (κ1) is 31.8. The smallest absolute Gasteiger partial charge is 0.313 e. The van der Waals surface area contributed by atoms with E-state index in [1.807, 2.05) is 12.1 Å². The summed E-state index contributed by atoms with van der Waals surface area (Å²) in [7, 11) is 0. The normalized spacial score (nSPS) is 15.5. The average molecular weight is 555 g/mol. The molecule has 37 heavy (non-hydrogen) atoms. The van der Waals surface area contributed by atoms with Gasteiger partial charge >= 0.3 is 11.9 Å². The van der Waals surface area contributed by atoms with Gasteiger partial charge in [-0.2, -0.15) is 11.8 Å². The van der Waals surface area contributed by atoms with Gasteiger partial charge in [-0.05, 0) is 30.7 Å². The number of para-hydroxylation sites is 1. The van der Waals surface area contributed by atoms with Crippen LogP contribution in [0, 0.1) is 0 Å². The average Bonchev–Trinajstić information content (AvgIpc) is 3.40. The zero-order chi connectivity index (χ0) is 26.9. The Morgan fingerprint density at radius 3 is 2.32 bits per heavy atom. The molecule has 1 saturated carbocycles. The van der Waals surface area contributed by atoms with Gasteiger partial charge in [-0.15, -0.1) is 11.8 Å². The van der Waals surface area contributed by atoms with Crippen LogP contribution >= 0.6 is 23.5 Å². The van der Waals surface area contributed by atoms with E-state index in [2.05, 4.69) is 13.0 Å². The molecule has 210 valence electrons. The lowest BCUT2D eigenvalue weighted by Gasteiger charge is -2.27. The van der Waals surface area contributed by atoms with E-state index in [0.29, 0.717) is 18.3 Å². The maximum absolute atomic E-state index is 11.2. The highest BCUT2D eigenvalue weighted by atomic mass is 32.2. The molecule has 0 radical (unpaired) electrons. The molecular formula is C29H46O6S2. The predicted molar refractivity (Wildman–Crippen MR) is 154 cm³/mol. The molecule has 0 saturated heterocycles. The van der Waals surface area contributed by atoms with Gasteiger partial charge < -0.3 is 20.1 Å². The minimum Gasteiger partial charge on any atom is -0.493 e. The zero-order valence-electron chi connectivity index (χ0n) is 22.4. The van der Waals surface area contributed by atoms with E-state index in [-0.39, 0.29) is 23.2 Å². The Hall–Kier alpha value is -1.38. The third kappa shape index (κ3) is 12.3. The maximum Gasteiger partial charge on any atom is 0.313 e. The van der Waals surface area contributed by atoms with E-state index in [9.17, 15) is 14.7 Å². The van der Waals surface area contributed by atoms with Gasteiger partial charge in [-0.25, -0.2) is 0 Å². The fourth-order valence-corrected chi connectivity index (χ4v) is 7.05. The van der Waals surface area contributed by atoms with Crippen LogP contribution < -0.4 is 4.74 Å². The number of aliphatic hydroxyl groups is 1. The van der Waals surface area contributed by atoms with Crippen LogP contribution in [-0.4, -0.2) is 57.2 Å². The van der Waals surface area contributed by atoms with Crippen molar-refractivity contribution in [3.8, 4) is 5.75 Å². The van der Waals surface area contributed by atoms with Crippen LogP contribution in [-0.2, 0) is 9.59 Å². The summed E-state index contributed by atoms with van der Waals surface area (Å²) in [6.07, 6.45) is 13.7. The largest absolute Gasteiger partial charge is 0.493 e. The predicted octanol–water partition coefficient (Wildman–Crippen LogP) is 7.29. The molecule has 6 nitrogen and oxygen atoms in total. The van der Waals surface area contributed by atoms with Crippen LogP contribution in [0.3, 0.4) is 0 Å². The van der Waals surface area contributed by atoms with E-state index < -0.39 is 18.0 Å². The van der Waals surface area contributed by atoms with Crippen molar-refractivity contribution < 1.29 is 29.6 Å². The van der Waals surface area contributed by atoms with Crippen molar-refractivity contribution in [1.29, 1.82) is 0 Å². The number of unbranched alkanes of at least 4 members (excludes halogenated alkanes) is 7. The second-order valence-corrected chi connectivity index (χ2v) is 12.3. The van der Waals surface area contributed by atoms with E-state index in [0.717, 1.165) is 37.0 Å². The van der Waals surface area contributed by atoms with Crippen LogP contribution in [0.2, 0.25) is 0 Å². The Bertz CT molecular complexity index is 797. The highest BCUT2D eigenvalue weighted by molar-refractivity contribution is 8.00. The summed E-state index contributed by atoms with van der Waals surface area (Å²) in [4.78, 5) is 22.1. The fourth-order valence-electron chi connectivity index (χ4n) is 4.97. The molecule has 0 heterocycles. The Morgan fingerprint density at radius 1 is 1.00 bits per heavy atom. The molecule has 2 rings (SSSR count). The van der Waals surface area contributed by atoms with Gasteiger partial charge in [-0.3, -0.25) is 9.59 Å². The number of carbonyl (C=O) groups is 2. The van der Waals surface area contributed by atoms with Crippen LogP contribution in [0.5, 0.6) is 5.75 Å². The number of hydrogen-bond acceptors (Lipinski definition) is 6. The molecule has 2 atom stereocenters. The summed E-state index contributed by atoms with van der Waals surface area (Å²) in [6.45, 7) is 2.86. The molecule has 1 aromatic rings. The third-order valence-corrected chi connectivity index (χ3v) is 9.29. The molecule has 0 amide bonds. The first-order valence-electron chi connectivity index (χ1n) is 14.0. The van der Waals surface area contributed by atoms with Gasteiger partial charge in [0.05, 0.1) is 30.1 Å². The molecule has 1 aromatic carbocycles. The van der Waals surface area contributed by atoms with Crippen molar-refractivity contribution in [2.75, 3.05) is 23.9 Å². The highest BCUT2D eigenvalue weighted by Crippen LogP contribution is 2.45. The number of thioether (sulfide) groups is 2. The summed E-state index contributed by atoms with van der Waals surface area (Å²) in [5.74, 6) is 0.0717. The van der Waals surface area contributed by atoms with E-state index in [4.69, 9.17) is 14.9 Å². The Morgan fingerprint density at radius 2 is 1.68 bits per heavy atom. The summed E-state index contributed by atoms with van der Waals surface area (Å²) in [6, 6.07) is 6.16. The van der Waals surface area contributed by atoms with Gasteiger partial charge in [0.2, 0.25) is 0 Å². The minimum absolute atomic E-state index is 0.00686. The molecule has 0 aromatic heterocycles. The second-order valence-electron chi connectivity index (χ2n) is 9.98. The molecule has 2 unspecified atom stereocenters. The number of carboxylic acids is 2. The van der Waals surface area contributed by atoms with Gasteiger partial charge in [0.15, 0.2) is 0 Å². The number of hydrogen-bond donors (Lipinski definition) is 3. The van der Waals surface area contributed by atoms with Crippen molar-refractivity contribution in [2.24, 2.45) is 0 Å². The topological polar surface area (TPSA) is 104 Å². The molecule has 0 spiro atoms. The van der Waals surface area contributed by atoms with Gasteiger partial charge in [0.1, 0.15) is 5.75 Å². The van der Waals surface area contributed by atoms with Crippen molar-refractivity contribution in [1.82, 2.24) is 0 Å². The summed E-state index contributed by atoms with van der Waals surface area (Å²) >= 11 is 2.60. The van der Waals surface area contributed by atoms with E-state index >= 15 is 0 Å². The van der Waals surface area contributed by atoms with Gasteiger partial charge in [-0.1, -0.05) is 82.9 Å². The lowest BCUT2D eigenvalue weighted by Crippen LogP contribution is -2.22. The minimum atomic E-state index is -0.912. The number of aliphatic carboxylic acids is 2. The van der Waals surface area contributed by atoms with Crippen molar-refractivity contribution in [2.45, 2.75) is 108 Å². The monoisotopic (exact) mass is 554 g/mol. The lowest BCUT2D eigenvalue weighted by atomic mass is 9.93. The van der Waals surface area contributed by atoms with Crippen molar-refractivity contribution >= 4 is 35.5 Å². The molecular weight excluding hydrogens is 508 g/mol. The molecule has 3 N–H and O–H groups in total.